The van der Waals surface area contributed by atoms with Crippen molar-refractivity contribution in [3.8, 4) is 5.75 Å². The van der Waals surface area contributed by atoms with Crippen LogP contribution < -0.4 is 15.0 Å². The number of carbonyl (C=O) groups is 3. The number of benzene rings is 3. The molecule has 0 saturated carbocycles. The lowest BCUT2D eigenvalue weighted by atomic mass is 10.1. The highest BCUT2D eigenvalue weighted by Gasteiger charge is 2.33. The minimum absolute atomic E-state index is 0.136. The molecule has 35 heavy (non-hydrogen) atoms. The van der Waals surface area contributed by atoms with Gasteiger partial charge in [0, 0.05) is 5.69 Å². The molecular formula is C26H20N2O5S2. The zero-order chi connectivity index (χ0) is 24.9. The molecule has 2 amide bonds. The van der Waals surface area contributed by atoms with Crippen LogP contribution in [0.3, 0.4) is 0 Å². The first kappa shape index (κ1) is 24.2. The third-order valence-corrected chi connectivity index (χ3v) is 6.42. The van der Waals surface area contributed by atoms with Gasteiger partial charge in [-0.1, -0.05) is 54.3 Å². The number of thioether (sulfide) groups is 1. The summed E-state index contributed by atoms with van der Waals surface area (Å²) in [6.45, 7) is 1.72. The van der Waals surface area contributed by atoms with Crippen LogP contribution in [0.25, 0.3) is 6.08 Å². The minimum Gasteiger partial charge on any atom is -0.484 e. The molecule has 7 nitrogen and oxygen atoms in total. The van der Waals surface area contributed by atoms with Crippen molar-refractivity contribution in [1.82, 2.24) is 0 Å². The maximum absolute atomic E-state index is 13.0. The summed E-state index contributed by atoms with van der Waals surface area (Å²) in [5, 5.41) is 11.6. The van der Waals surface area contributed by atoms with Gasteiger partial charge in [-0.3, -0.25) is 14.5 Å². The number of para-hydroxylation sites is 1. The van der Waals surface area contributed by atoms with E-state index in [1.807, 2.05) is 31.2 Å². The smallest absolute Gasteiger partial charge is 0.335 e. The number of amides is 2. The van der Waals surface area contributed by atoms with Crippen LogP contribution in [0.15, 0.2) is 77.7 Å². The maximum atomic E-state index is 13.0. The number of anilines is 2. The number of hydrogen-bond acceptors (Lipinski definition) is 6. The van der Waals surface area contributed by atoms with Crippen LogP contribution >= 0.6 is 24.0 Å². The van der Waals surface area contributed by atoms with E-state index >= 15 is 0 Å². The third-order valence-electron chi connectivity index (χ3n) is 5.11. The number of aromatic carboxylic acids is 1. The fraction of sp³-hybridized carbons (Fsp3) is 0.0769. The van der Waals surface area contributed by atoms with Crippen molar-refractivity contribution >= 4 is 63.5 Å². The summed E-state index contributed by atoms with van der Waals surface area (Å²) in [6.07, 6.45) is 1.77. The number of rotatable bonds is 7. The number of carbonyl (C=O) groups excluding carboxylic acids is 2. The standard InChI is InChI=1S/C26H20N2O5S2/c1-16-4-2-3-5-21(16)28-24(30)22(35-26(28)34)14-17-6-12-20(13-7-17)33-15-23(29)27-19-10-8-18(9-11-19)25(31)32/h2-14H,15H2,1H3,(H,27,29)(H,31,32)/b22-14-. The van der Waals surface area contributed by atoms with E-state index in [1.54, 1.807) is 35.2 Å². The third kappa shape index (κ3) is 5.76. The van der Waals surface area contributed by atoms with Crippen LogP contribution in [0, 0.1) is 6.92 Å². The van der Waals surface area contributed by atoms with Gasteiger partial charge in [-0.25, -0.2) is 4.79 Å². The molecule has 0 aliphatic carbocycles. The van der Waals surface area contributed by atoms with E-state index in [4.69, 9.17) is 22.1 Å². The van der Waals surface area contributed by atoms with E-state index in [0.717, 1.165) is 16.8 Å². The van der Waals surface area contributed by atoms with Crippen molar-refractivity contribution in [2.24, 2.45) is 0 Å². The second-order valence-electron chi connectivity index (χ2n) is 7.59. The lowest BCUT2D eigenvalue weighted by Crippen LogP contribution is -2.28. The fourth-order valence-corrected chi connectivity index (χ4v) is 4.63. The van der Waals surface area contributed by atoms with Crippen molar-refractivity contribution < 1.29 is 24.2 Å². The number of hydrogen-bond donors (Lipinski definition) is 2. The Morgan fingerprint density at radius 1 is 1.06 bits per heavy atom. The van der Waals surface area contributed by atoms with Crippen molar-refractivity contribution in [2.45, 2.75) is 6.92 Å². The van der Waals surface area contributed by atoms with Crippen LogP contribution in [0.1, 0.15) is 21.5 Å². The Bertz CT molecular complexity index is 1330. The van der Waals surface area contributed by atoms with Crippen LogP contribution in [-0.4, -0.2) is 33.8 Å². The number of nitrogens with zero attached hydrogens (tertiary/aromatic N) is 1. The molecule has 2 N–H and O–H groups in total. The molecule has 0 radical (unpaired) electrons. The monoisotopic (exact) mass is 504 g/mol. The molecular weight excluding hydrogens is 484 g/mol. The van der Waals surface area contributed by atoms with Gasteiger partial charge in [0.25, 0.3) is 11.8 Å². The SMILES string of the molecule is Cc1ccccc1N1C(=O)/C(=C/c2ccc(OCC(=O)Nc3ccc(C(=O)O)cc3)cc2)SC1=S. The summed E-state index contributed by atoms with van der Waals surface area (Å²) in [6, 6.07) is 20.4. The van der Waals surface area contributed by atoms with Gasteiger partial charge >= 0.3 is 5.97 Å². The fourth-order valence-electron chi connectivity index (χ4n) is 3.34. The Hall–Kier alpha value is -3.95. The van der Waals surface area contributed by atoms with Gasteiger partial charge in [-0.15, -0.1) is 0 Å². The molecule has 1 heterocycles. The van der Waals surface area contributed by atoms with E-state index < -0.39 is 5.97 Å². The molecule has 0 unspecified atom stereocenters. The average molecular weight is 505 g/mol. The predicted octanol–water partition coefficient (Wildman–Crippen LogP) is 5.12. The number of ether oxygens (including phenoxy) is 1. The Balaban J connectivity index is 1.35. The zero-order valence-electron chi connectivity index (χ0n) is 18.6. The molecule has 4 rings (SSSR count). The first-order chi connectivity index (χ1) is 16.8. The number of nitrogens with one attached hydrogen (secondary N) is 1. The molecule has 1 fully saturated rings. The summed E-state index contributed by atoms with van der Waals surface area (Å²) < 4.78 is 6.01. The topological polar surface area (TPSA) is 95.9 Å². The molecule has 1 aliphatic heterocycles. The van der Waals surface area contributed by atoms with Crippen molar-refractivity contribution in [3.63, 3.8) is 0 Å². The van der Waals surface area contributed by atoms with Gasteiger partial charge in [0.15, 0.2) is 10.9 Å². The molecule has 176 valence electrons. The Labute approximate surface area is 211 Å². The molecule has 3 aromatic rings. The van der Waals surface area contributed by atoms with E-state index in [-0.39, 0.29) is 24.0 Å². The minimum atomic E-state index is -1.03. The Kier molecular flexibility index (Phi) is 7.28. The van der Waals surface area contributed by atoms with Gasteiger partial charge in [-0.2, -0.15) is 0 Å². The largest absolute Gasteiger partial charge is 0.484 e. The summed E-state index contributed by atoms with van der Waals surface area (Å²) in [5.41, 5.74) is 3.15. The second-order valence-corrected chi connectivity index (χ2v) is 9.27. The van der Waals surface area contributed by atoms with E-state index in [0.29, 0.717) is 20.7 Å². The molecule has 0 aromatic heterocycles. The van der Waals surface area contributed by atoms with Crippen LogP contribution in [0.5, 0.6) is 5.75 Å². The van der Waals surface area contributed by atoms with Gasteiger partial charge < -0.3 is 15.2 Å². The first-order valence-corrected chi connectivity index (χ1v) is 11.7. The number of aryl methyl sites for hydroxylation is 1. The number of carboxylic acid groups (broad SMARTS) is 1. The lowest BCUT2D eigenvalue weighted by molar-refractivity contribution is -0.118. The van der Waals surface area contributed by atoms with Crippen LogP contribution in [0.4, 0.5) is 11.4 Å². The summed E-state index contributed by atoms with van der Waals surface area (Å²) in [7, 11) is 0. The van der Waals surface area contributed by atoms with Gasteiger partial charge in [0.2, 0.25) is 0 Å². The molecule has 0 spiro atoms. The predicted molar refractivity (Wildman–Crippen MR) is 141 cm³/mol. The number of carboxylic acids is 1. The Morgan fingerprint density at radius 3 is 2.40 bits per heavy atom. The van der Waals surface area contributed by atoms with Crippen LogP contribution in [-0.2, 0) is 9.59 Å². The second kappa shape index (κ2) is 10.5. The molecule has 9 heteroatoms. The van der Waals surface area contributed by atoms with Gasteiger partial charge in [0.1, 0.15) is 5.75 Å². The lowest BCUT2D eigenvalue weighted by Gasteiger charge is -2.16. The Morgan fingerprint density at radius 2 is 1.74 bits per heavy atom. The summed E-state index contributed by atoms with van der Waals surface area (Å²) in [5.74, 6) is -1.08. The van der Waals surface area contributed by atoms with Crippen LogP contribution in [0.2, 0.25) is 0 Å². The first-order valence-electron chi connectivity index (χ1n) is 10.5. The van der Waals surface area contributed by atoms with Crippen molar-refractivity contribution in [1.29, 1.82) is 0 Å². The van der Waals surface area contributed by atoms with Crippen molar-refractivity contribution in [3.05, 3.63) is 94.4 Å². The highest BCUT2D eigenvalue weighted by molar-refractivity contribution is 8.27. The quantitative estimate of drug-likeness (QED) is 0.341. The molecule has 1 aliphatic rings. The molecule has 0 bridgehead atoms. The normalized spacial score (nSPS) is 14.3. The summed E-state index contributed by atoms with van der Waals surface area (Å²) in [4.78, 5) is 38.1. The van der Waals surface area contributed by atoms with E-state index in [9.17, 15) is 14.4 Å². The van der Waals surface area contributed by atoms with E-state index in [2.05, 4.69) is 5.32 Å². The highest BCUT2D eigenvalue weighted by Crippen LogP contribution is 2.37. The van der Waals surface area contributed by atoms with Crippen molar-refractivity contribution in [2.75, 3.05) is 16.8 Å². The molecule has 0 atom stereocenters. The summed E-state index contributed by atoms with van der Waals surface area (Å²) >= 11 is 6.69. The highest BCUT2D eigenvalue weighted by atomic mass is 32.2. The average Bonchev–Trinajstić information content (AvgIpc) is 3.12. The van der Waals surface area contributed by atoms with Gasteiger partial charge in [-0.05, 0) is 66.6 Å². The molecule has 3 aromatic carbocycles. The number of thiocarbonyl (C=S) groups is 1. The molecule has 1 saturated heterocycles. The zero-order valence-corrected chi connectivity index (χ0v) is 20.2. The maximum Gasteiger partial charge on any atom is 0.335 e. The van der Waals surface area contributed by atoms with Gasteiger partial charge in [0.05, 0.1) is 16.2 Å². The van der Waals surface area contributed by atoms with E-state index in [1.165, 1.54) is 36.0 Å².